The van der Waals surface area contributed by atoms with E-state index < -0.39 is 21.3 Å². The van der Waals surface area contributed by atoms with Gasteiger partial charge in [-0.2, -0.15) is 17.4 Å². The first-order valence-electron chi connectivity index (χ1n) is 5.39. The van der Waals surface area contributed by atoms with Crippen LogP contribution in [0.5, 0.6) is 0 Å². The minimum atomic E-state index is -3.54. The number of aliphatic hydroxyl groups is 1. The first-order chi connectivity index (χ1) is 6.87. The lowest BCUT2D eigenvalue weighted by Crippen LogP contribution is -2.52. The third-order valence-corrected chi connectivity index (χ3v) is 3.63. The molecule has 0 unspecified atom stereocenters. The molecule has 0 atom stereocenters. The van der Waals surface area contributed by atoms with Crippen molar-refractivity contribution in [2.24, 2.45) is 0 Å². The van der Waals surface area contributed by atoms with Crippen LogP contribution in [-0.4, -0.2) is 42.1 Å². The molecule has 0 saturated carbocycles. The van der Waals surface area contributed by atoms with Gasteiger partial charge in [0.15, 0.2) is 0 Å². The van der Waals surface area contributed by atoms with Gasteiger partial charge in [-0.25, -0.2) is 0 Å². The highest BCUT2D eigenvalue weighted by molar-refractivity contribution is 7.87. The molecule has 0 fully saturated rings. The molecule has 5 nitrogen and oxygen atoms in total. The molecule has 6 heteroatoms. The fraction of sp³-hybridized carbons (Fsp3) is 1.00. The number of likely N-dealkylation sites (N-methyl/N-ethyl adjacent to an activating group) is 1. The monoisotopic (exact) mass is 252 g/mol. The van der Waals surface area contributed by atoms with Gasteiger partial charge < -0.3 is 5.11 Å². The highest BCUT2D eigenvalue weighted by atomic mass is 32.2. The summed E-state index contributed by atoms with van der Waals surface area (Å²) in [7, 11) is -3.54. The molecule has 0 rings (SSSR count). The second kappa shape index (κ2) is 5.00. The summed E-state index contributed by atoms with van der Waals surface area (Å²) in [5.41, 5.74) is -1.56. The maximum atomic E-state index is 12.0. The Morgan fingerprint density at radius 1 is 1.19 bits per heavy atom. The van der Waals surface area contributed by atoms with Gasteiger partial charge in [-0.1, -0.05) is 6.92 Å². The predicted octanol–water partition coefficient (Wildman–Crippen LogP) is 0.712. The van der Waals surface area contributed by atoms with Crippen molar-refractivity contribution in [2.75, 3.05) is 13.1 Å². The number of hydrogen-bond acceptors (Lipinski definition) is 3. The van der Waals surface area contributed by atoms with Crippen molar-refractivity contribution < 1.29 is 13.5 Å². The third kappa shape index (κ3) is 6.42. The van der Waals surface area contributed by atoms with Crippen LogP contribution in [0.3, 0.4) is 0 Å². The minimum absolute atomic E-state index is 0.0783. The van der Waals surface area contributed by atoms with Crippen molar-refractivity contribution in [1.82, 2.24) is 9.03 Å². The Kier molecular flexibility index (Phi) is 4.94. The van der Waals surface area contributed by atoms with Gasteiger partial charge in [0.05, 0.1) is 5.60 Å². The number of hydrogen-bond donors (Lipinski definition) is 2. The molecule has 0 amide bonds. The summed E-state index contributed by atoms with van der Waals surface area (Å²) in [5, 5.41) is 9.65. The lowest BCUT2D eigenvalue weighted by atomic mass is 10.1. The van der Waals surface area contributed by atoms with Gasteiger partial charge in [0, 0.05) is 18.6 Å². The Morgan fingerprint density at radius 2 is 1.62 bits per heavy atom. The van der Waals surface area contributed by atoms with Crippen LogP contribution in [-0.2, 0) is 10.2 Å². The highest BCUT2D eigenvalue weighted by Crippen LogP contribution is 2.11. The predicted molar refractivity (Wildman–Crippen MR) is 65.4 cm³/mol. The molecule has 98 valence electrons. The molecule has 0 heterocycles. The van der Waals surface area contributed by atoms with E-state index in [1.54, 1.807) is 41.5 Å². The van der Waals surface area contributed by atoms with Crippen molar-refractivity contribution in [3.8, 4) is 0 Å². The molecule has 0 saturated heterocycles. The van der Waals surface area contributed by atoms with Gasteiger partial charge >= 0.3 is 0 Å². The lowest BCUT2D eigenvalue weighted by molar-refractivity contribution is 0.0596. The Balaban J connectivity index is 4.83. The Hall–Kier alpha value is -0.170. The minimum Gasteiger partial charge on any atom is -0.389 e. The summed E-state index contributed by atoms with van der Waals surface area (Å²) in [5.74, 6) is 0. The van der Waals surface area contributed by atoms with E-state index >= 15 is 0 Å². The summed E-state index contributed by atoms with van der Waals surface area (Å²) >= 11 is 0. The van der Waals surface area contributed by atoms with Crippen molar-refractivity contribution >= 4 is 10.2 Å². The third-order valence-electron chi connectivity index (χ3n) is 1.69. The SMILES string of the molecule is CCN(CC(C)(C)O)S(=O)(=O)NC(C)(C)C. The molecule has 16 heavy (non-hydrogen) atoms. The van der Waals surface area contributed by atoms with Crippen molar-refractivity contribution in [3.05, 3.63) is 0 Å². The van der Waals surface area contributed by atoms with Gasteiger partial charge in [0.1, 0.15) is 0 Å². The van der Waals surface area contributed by atoms with Crippen LogP contribution in [0.15, 0.2) is 0 Å². The zero-order valence-electron chi connectivity index (χ0n) is 11.0. The fourth-order valence-corrected chi connectivity index (χ4v) is 2.98. The van der Waals surface area contributed by atoms with Crippen LogP contribution in [0.1, 0.15) is 41.5 Å². The summed E-state index contributed by atoms with van der Waals surface area (Å²) in [6, 6.07) is 0. The fourth-order valence-electron chi connectivity index (χ4n) is 1.25. The van der Waals surface area contributed by atoms with E-state index in [1.165, 1.54) is 4.31 Å². The summed E-state index contributed by atoms with van der Waals surface area (Å²) in [4.78, 5) is 0. The smallest absolute Gasteiger partial charge is 0.280 e. The molecular weight excluding hydrogens is 228 g/mol. The van der Waals surface area contributed by atoms with E-state index in [0.717, 1.165) is 0 Å². The van der Waals surface area contributed by atoms with Crippen LogP contribution < -0.4 is 4.72 Å². The van der Waals surface area contributed by atoms with Crippen molar-refractivity contribution in [2.45, 2.75) is 52.7 Å². The number of nitrogens with one attached hydrogen (secondary N) is 1. The quantitative estimate of drug-likeness (QED) is 0.757. The van der Waals surface area contributed by atoms with Crippen molar-refractivity contribution in [3.63, 3.8) is 0 Å². The van der Waals surface area contributed by atoms with E-state index in [-0.39, 0.29) is 6.54 Å². The first-order valence-corrected chi connectivity index (χ1v) is 6.83. The van der Waals surface area contributed by atoms with Crippen molar-refractivity contribution in [1.29, 1.82) is 0 Å². The Bertz CT molecular complexity index is 312. The van der Waals surface area contributed by atoms with E-state index in [9.17, 15) is 13.5 Å². The van der Waals surface area contributed by atoms with Gasteiger partial charge in [-0.15, -0.1) is 0 Å². The standard InChI is InChI=1S/C10H24N2O3S/c1-7-12(8-10(5,6)13)16(14,15)11-9(2,3)4/h11,13H,7-8H2,1-6H3. The lowest BCUT2D eigenvalue weighted by Gasteiger charge is -2.30. The van der Waals surface area contributed by atoms with Crippen LogP contribution in [0.2, 0.25) is 0 Å². The molecule has 0 radical (unpaired) electrons. The molecule has 0 aliphatic heterocycles. The van der Waals surface area contributed by atoms with Gasteiger partial charge in [0.25, 0.3) is 10.2 Å². The Labute approximate surface area is 99.0 Å². The number of nitrogens with zero attached hydrogens (tertiary/aromatic N) is 1. The van der Waals surface area contributed by atoms with Gasteiger partial charge in [-0.05, 0) is 34.6 Å². The molecule has 0 aliphatic rings. The van der Waals surface area contributed by atoms with Crippen LogP contribution in [0, 0.1) is 0 Å². The topological polar surface area (TPSA) is 69.6 Å². The first kappa shape index (κ1) is 15.8. The van der Waals surface area contributed by atoms with E-state index in [2.05, 4.69) is 4.72 Å². The number of rotatable bonds is 5. The zero-order valence-corrected chi connectivity index (χ0v) is 11.8. The van der Waals surface area contributed by atoms with Gasteiger partial charge in [-0.3, -0.25) is 0 Å². The zero-order chi connectivity index (χ0) is 13.2. The molecule has 0 aromatic heterocycles. The second-order valence-corrected chi connectivity index (χ2v) is 7.27. The molecule has 0 spiro atoms. The average molecular weight is 252 g/mol. The van der Waals surface area contributed by atoms with Gasteiger partial charge in [0.2, 0.25) is 0 Å². The summed E-state index contributed by atoms with van der Waals surface area (Å²) in [6.07, 6.45) is 0. The van der Waals surface area contributed by atoms with E-state index in [0.29, 0.717) is 6.54 Å². The normalized spacial score (nSPS) is 14.5. The average Bonchev–Trinajstić information content (AvgIpc) is 1.93. The molecule has 0 aromatic carbocycles. The van der Waals surface area contributed by atoms with E-state index in [1.807, 2.05) is 0 Å². The molecule has 0 aliphatic carbocycles. The van der Waals surface area contributed by atoms with E-state index in [4.69, 9.17) is 0 Å². The molecular formula is C10H24N2O3S. The molecule has 0 bridgehead atoms. The maximum absolute atomic E-state index is 12.0. The maximum Gasteiger partial charge on any atom is 0.280 e. The second-order valence-electron chi connectivity index (χ2n) is 5.60. The van der Waals surface area contributed by atoms with Crippen LogP contribution >= 0.6 is 0 Å². The molecule has 0 aromatic rings. The summed E-state index contributed by atoms with van der Waals surface area (Å²) < 4.78 is 27.7. The van der Waals surface area contributed by atoms with Crippen LogP contribution in [0.4, 0.5) is 0 Å². The van der Waals surface area contributed by atoms with Crippen LogP contribution in [0.25, 0.3) is 0 Å². The highest BCUT2D eigenvalue weighted by Gasteiger charge is 2.29. The summed E-state index contributed by atoms with van der Waals surface area (Å²) in [6.45, 7) is 10.7. The largest absolute Gasteiger partial charge is 0.389 e. The molecule has 2 N–H and O–H groups in total. The Morgan fingerprint density at radius 3 is 1.88 bits per heavy atom.